The van der Waals surface area contributed by atoms with Crippen molar-refractivity contribution in [2.75, 3.05) is 33.2 Å². The molecule has 0 saturated carbocycles. The first-order valence-corrected chi connectivity index (χ1v) is 9.86. The Morgan fingerprint density at radius 2 is 1.96 bits per heavy atom. The van der Waals surface area contributed by atoms with Crippen LogP contribution in [0, 0.1) is 5.92 Å². The van der Waals surface area contributed by atoms with Gasteiger partial charge in [0.1, 0.15) is 0 Å². The first-order chi connectivity index (χ1) is 12.9. The molecule has 0 unspecified atom stereocenters. The molecule has 1 aliphatic rings. The van der Waals surface area contributed by atoms with Crippen molar-refractivity contribution < 1.29 is 14.4 Å². The first-order valence-electron chi connectivity index (χ1n) is 9.49. The van der Waals surface area contributed by atoms with E-state index in [4.69, 9.17) is 11.6 Å². The van der Waals surface area contributed by atoms with Gasteiger partial charge in [0, 0.05) is 43.2 Å². The van der Waals surface area contributed by atoms with Gasteiger partial charge in [-0.05, 0) is 37.5 Å². The quantitative estimate of drug-likeness (QED) is 0.774. The molecular formula is C20H28ClN3O3. The minimum Gasteiger partial charge on any atom is -0.346 e. The molecule has 1 saturated heterocycles. The van der Waals surface area contributed by atoms with Crippen molar-refractivity contribution in [2.24, 2.45) is 5.92 Å². The van der Waals surface area contributed by atoms with Crippen LogP contribution in [-0.4, -0.2) is 60.7 Å². The van der Waals surface area contributed by atoms with Crippen LogP contribution in [0.4, 0.5) is 0 Å². The molecule has 27 heavy (non-hydrogen) atoms. The summed E-state index contributed by atoms with van der Waals surface area (Å²) in [4.78, 5) is 40.4. The van der Waals surface area contributed by atoms with Crippen LogP contribution in [0.5, 0.6) is 0 Å². The summed E-state index contributed by atoms with van der Waals surface area (Å²) < 4.78 is 0. The summed E-state index contributed by atoms with van der Waals surface area (Å²) in [5.74, 6) is -0.300. The summed E-state index contributed by atoms with van der Waals surface area (Å²) in [6, 6.07) is 6.60. The third kappa shape index (κ3) is 6.24. The highest BCUT2D eigenvalue weighted by atomic mass is 35.5. The third-order valence-electron chi connectivity index (χ3n) is 4.91. The van der Waals surface area contributed by atoms with Gasteiger partial charge in [-0.25, -0.2) is 0 Å². The van der Waals surface area contributed by atoms with E-state index in [9.17, 15) is 14.4 Å². The number of hydrogen-bond donors (Lipinski definition) is 1. The fraction of sp³-hybridized carbons (Fsp3) is 0.550. The van der Waals surface area contributed by atoms with Gasteiger partial charge < -0.3 is 15.1 Å². The zero-order chi connectivity index (χ0) is 19.8. The van der Waals surface area contributed by atoms with E-state index >= 15 is 0 Å². The smallest absolute Gasteiger partial charge is 0.251 e. The van der Waals surface area contributed by atoms with E-state index in [0.29, 0.717) is 36.5 Å². The van der Waals surface area contributed by atoms with Gasteiger partial charge in [0.05, 0.1) is 6.54 Å². The molecule has 1 aliphatic heterocycles. The number of halogens is 1. The van der Waals surface area contributed by atoms with Gasteiger partial charge in [0.25, 0.3) is 5.91 Å². The lowest BCUT2D eigenvalue weighted by atomic mass is 9.95. The van der Waals surface area contributed by atoms with Crippen molar-refractivity contribution in [3.63, 3.8) is 0 Å². The number of carbonyl (C=O) groups excluding carboxylic acids is 3. The van der Waals surface area contributed by atoms with Gasteiger partial charge in [0.2, 0.25) is 11.8 Å². The lowest BCUT2D eigenvalue weighted by Crippen LogP contribution is -2.46. The van der Waals surface area contributed by atoms with Crippen LogP contribution in [0.15, 0.2) is 24.3 Å². The number of hydrogen-bond acceptors (Lipinski definition) is 3. The maximum atomic E-state index is 12.4. The molecule has 2 rings (SSSR count). The number of nitrogens with zero attached hydrogens (tertiary/aromatic N) is 2. The Labute approximate surface area is 165 Å². The maximum absolute atomic E-state index is 12.4. The van der Waals surface area contributed by atoms with Crippen LogP contribution in [0.3, 0.4) is 0 Å². The molecule has 6 nitrogen and oxygen atoms in total. The molecule has 0 radical (unpaired) electrons. The minimum absolute atomic E-state index is 0.0167. The van der Waals surface area contributed by atoms with E-state index in [1.54, 1.807) is 34.1 Å². The minimum atomic E-state index is -0.325. The van der Waals surface area contributed by atoms with Gasteiger partial charge >= 0.3 is 0 Å². The maximum Gasteiger partial charge on any atom is 0.251 e. The number of carbonyl (C=O) groups is 3. The summed E-state index contributed by atoms with van der Waals surface area (Å²) >= 11 is 5.88. The second kappa shape index (κ2) is 10.3. The van der Waals surface area contributed by atoms with Crippen LogP contribution >= 0.6 is 11.6 Å². The Balaban J connectivity index is 1.76. The standard InChI is InChI=1S/C20H28ClN3O3/c1-3-4-10-23(2)20(27)15-8-11-24(12-9-15)18(25)14-22-19(26)16-6-5-7-17(21)13-16/h5-7,13,15H,3-4,8-12,14H2,1-2H3,(H,22,26). The van der Waals surface area contributed by atoms with Crippen LogP contribution < -0.4 is 5.32 Å². The van der Waals surface area contributed by atoms with Crippen molar-refractivity contribution in [3.8, 4) is 0 Å². The zero-order valence-electron chi connectivity index (χ0n) is 16.0. The summed E-state index contributed by atoms with van der Waals surface area (Å²) in [5, 5.41) is 3.11. The average Bonchev–Trinajstić information content (AvgIpc) is 2.69. The Morgan fingerprint density at radius 3 is 2.59 bits per heavy atom. The summed E-state index contributed by atoms with van der Waals surface area (Å²) in [6.45, 7) is 3.92. The van der Waals surface area contributed by atoms with Crippen LogP contribution in [0.1, 0.15) is 43.0 Å². The Morgan fingerprint density at radius 1 is 1.26 bits per heavy atom. The van der Waals surface area contributed by atoms with E-state index in [0.717, 1.165) is 19.4 Å². The summed E-state index contributed by atoms with van der Waals surface area (Å²) in [5.41, 5.74) is 0.426. The summed E-state index contributed by atoms with van der Waals surface area (Å²) in [6.07, 6.45) is 3.41. The number of likely N-dealkylation sites (tertiary alicyclic amines) is 1. The summed E-state index contributed by atoms with van der Waals surface area (Å²) in [7, 11) is 1.85. The molecule has 0 atom stereocenters. The zero-order valence-corrected chi connectivity index (χ0v) is 16.8. The van der Waals surface area contributed by atoms with E-state index in [1.165, 1.54) is 0 Å². The highest BCUT2D eigenvalue weighted by Gasteiger charge is 2.28. The van der Waals surface area contributed by atoms with Crippen molar-refractivity contribution in [3.05, 3.63) is 34.9 Å². The third-order valence-corrected chi connectivity index (χ3v) is 5.14. The molecule has 1 aromatic rings. The number of piperidine rings is 1. The largest absolute Gasteiger partial charge is 0.346 e. The van der Waals surface area contributed by atoms with Gasteiger partial charge in [-0.15, -0.1) is 0 Å². The molecule has 148 valence electrons. The van der Waals surface area contributed by atoms with Crippen LogP contribution in [-0.2, 0) is 9.59 Å². The molecule has 0 aliphatic carbocycles. The molecule has 0 aromatic heterocycles. The molecule has 3 amide bonds. The second-order valence-corrected chi connectivity index (χ2v) is 7.40. The van der Waals surface area contributed by atoms with Gasteiger partial charge in [-0.1, -0.05) is 31.0 Å². The molecule has 1 aromatic carbocycles. The van der Waals surface area contributed by atoms with Gasteiger partial charge in [-0.3, -0.25) is 14.4 Å². The Kier molecular flexibility index (Phi) is 8.10. The number of nitrogens with one attached hydrogen (secondary N) is 1. The molecule has 1 heterocycles. The topological polar surface area (TPSA) is 69.7 Å². The molecule has 7 heteroatoms. The van der Waals surface area contributed by atoms with Crippen molar-refractivity contribution >= 4 is 29.3 Å². The van der Waals surface area contributed by atoms with Gasteiger partial charge in [0.15, 0.2) is 0 Å². The second-order valence-electron chi connectivity index (χ2n) is 6.96. The lowest BCUT2D eigenvalue weighted by Gasteiger charge is -2.33. The predicted octanol–water partition coefficient (Wildman–Crippen LogP) is 2.57. The highest BCUT2D eigenvalue weighted by Crippen LogP contribution is 2.19. The normalized spacial score (nSPS) is 14.7. The Bertz CT molecular complexity index is 672. The Hall–Kier alpha value is -2.08. The highest BCUT2D eigenvalue weighted by molar-refractivity contribution is 6.30. The van der Waals surface area contributed by atoms with Crippen molar-refractivity contribution in [1.29, 1.82) is 0 Å². The van der Waals surface area contributed by atoms with Crippen LogP contribution in [0.2, 0.25) is 5.02 Å². The van der Waals surface area contributed by atoms with E-state index < -0.39 is 0 Å². The number of amides is 3. The lowest BCUT2D eigenvalue weighted by molar-refractivity contribution is -0.139. The van der Waals surface area contributed by atoms with E-state index in [1.807, 2.05) is 7.05 Å². The predicted molar refractivity (Wildman–Crippen MR) is 106 cm³/mol. The van der Waals surface area contributed by atoms with Crippen LogP contribution in [0.25, 0.3) is 0 Å². The van der Waals surface area contributed by atoms with Crippen molar-refractivity contribution in [1.82, 2.24) is 15.1 Å². The average molecular weight is 394 g/mol. The fourth-order valence-corrected chi connectivity index (χ4v) is 3.38. The molecule has 1 N–H and O–H groups in total. The monoisotopic (exact) mass is 393 g/mol. The molecule has 0 bridgehead atoms. The number of benzene rings is 1. The SMILES string of the molecule is CCCCN(C)C(=O)C1CCN(C(=O)CNC(=O)c2cccc(Cl)c2)CC1. The first kappa shape index (κ1) is 21.2. The molecule has 0 spiro atoms. The molecular weight excluding hydrogens is 366 g/mol. The van der Waals surface area contributed by atoms with Gasteiger partial charge in [-0.2, -0.15) is 0 Å². The van der Waals surface area contributed by atoms with E-state index in [2.05, 4.69) is 12.2 Å². The molecule has 1 fully saturated rings. The van der Waals surface area contributed by atoms with Crippen molar-refractivity contribution in [2.45, 2.75) is 32.6 Å². The number of unbranched alkanes of at least 4 members (excludes halogenated alkanes) is 1. The van der Waals surface area contributed by atoms with E-state index in [-0.39, 0.29) is 30.2 Å². The fourth-order valence-electron chi connectivity index (χ4n) is 3.19. The number of rotatable bonds is 7.